The van der Waals surface area contributed by atoms with Crippen LogP contribution in [0, 0.1) is 0 Å². The van der Waals surface area contributed by atoms with E-state index < -0.39 is 0 Å². The third kappa shape index (κ3) is 2.19. The fraction of sp³-hybridized carbons (Fsp3) is 0.615. The van der Waals surface area contributed by atoms with Gasteiger partial charge in [0.25, 0.3) is 0 Å². The van der Waals surface area contributed by atoms with Crippen molar-refractivity contribution in [2.24, 2.45) is 0 Å². The number of ether oxygens (including phenoxy) is 1. The molecular formula is C13H20N2O. The van der Waals surface area contributed by atoms with Crippen molar-refractivity contribution >= 4 is 0 Å². The second-order valence-corrected chi connectivity index (χ2v) is 4.38. The summed E-state index contributed by atoms with van der Waals surface area (Å²) in [6, 6.07) is 4.47. The molecule has 88 valence electrons. The molecule has 0 bridgehead atoms. The van der Waals surface area contributed by atoms with E-state index in [-0.39, 0.29) is 0 Å². The molecule has 1 aromatic heterocycles. The van der Waals surface area contributed by atoms with Crippen molar-refractivity contribution in [3.63, 3.8) is 0 Å². The predicted molar refractivity (Wildman–Crippen MR) is 64.8 cm³/mol. The molecule has 0 amide bonds. The van der Waals surface area contributed by atoms with Gasteiger partial charge in [0, 0.05) is 18.2 Å². The van der Waals surface area contributed by atoms with E-state index >= 15 is 0 Å². The van der Waals surface area contributed by atoms with E-state index in [4.69, 9.17) is 4.74 Å². The number of hydrogen-bond donors (Lipinski definition) is 1. The van der Waals surface area contributed by atoms with Gasteiger partial charge in [-0.25, -0.2) is 0 Å². The van der Waals surface area contributed by atoms with Crippen molar-refractivity contribution in [3.05, 3.63) is 24.0 Å². The highest BCUT2D eigenvalue weighted by atomic mass is 16.5. The van der Waals surface area contributed by atoms with E-state index in [0.29, 0.717) is 12.0 Å². The number of nitrogens with zero attached hydrogens (tertiary/aromatic N) is 1. The molecule has 3 heteroatoms. The standard InChI is InChI=1S/C13H20N2O/c1-14-11-7-4-3-6-10(11)13-12(16-2)8-5-9-15-13/h5,8-11,14H,3-4,6-7H2,1-2H3. The SMILES string of the molecule is CNC1CCCCC1c1ncccc1OC. The van der Waals surface area contributed by atoms with Crippen LogP contribution in [0.1, 0.15) is 37.3 Å². The Kier molecular flexibility index (Phi) is 3.78. The highest BCUT2D eigenvalue weighted by Crippen LogP contribution is 2.35. The van der Waals surface area contributed by atoms with Gasteiger partial charge in [-0.2, -0.15) is 0 Å². The van der Waals surface area contributed by atoms with Crippen LogP contribution >= 0.6 is 0 Å². The molecule has 1 fully saturated rings. The molecular weight excluding hydrogens is 200 g/mol. The van der Waals surface area contributed by atoms with Gasteiger partial charge in [0.15, 0.2) is 0 Å². The van der Waals surface area contributed by atoms with Crippen LogP contribution in [0.25, 0.3) is 0 Å². The summed E-state index contributed by atoms with van der Waals surface area (Å²) >= 11 is 0. The van der Waals surface area contributed by atoms with Gasteiger partial charge in [0.2, 0.25) is 0 Å². The number of pyridine rings is 1. The molecule has 3 nitrogen and oxygen atoms in total. The van der Waals surface area contributed by atoms with Crippen LogP contribution in [0.5, 0.6) is 5.75 Å². The van der Waals surface area contributed by atoms with Crippen LogP contribution in [0.2, 0.25) is 0 Å². The quantitative estimate of drug-likeness (QED) is 0.849. The molecule has 1 aliphatic carbocycles. The van der Waals surface area contributed by atoms with Crippen LogP contribution in [0.3, 0.4) is 0 Å². The minimum atomic E-state index is 0.495. The Hall–Kier alpha value is -1.09. The zero-order valence-corrected chi connectivity index (χ0v) is 10.1. The Morgan fingerprint density at radius 1 is 1.38 bits per heavy atom. The van der Waals surface area contributed by atoms with Gasteiger partial charge in [0.1, 0.15) is 5.75 Å². The summed E-state index contributed by atoms with van der Waals surface area (Å²) in [4.78, 5) is 4.51. The fourth-order valence-electron chi connectivity index (χ4n) is 2.66. The molecule has 1 N–H and O–H groups in total. The molecule has 1 aromatic rings. The number of hydrogen-bond acceptors (Lipinski definition) is 3. The lowest BCUT2D eigenvalue weighted by atomic mass is 9.82. The van der Waals surface area contributed by atoms with Crippen molar-refractivity contribution in [2.75, 3.05) is 14.2 Å². The second-order valence-electron chi connectivity index (χ2n) is 4.38. The van der Waals surface area contributed by atoms with E-state index in [1.165, 1.54) is 25.7 Å². The maximum Gasteiger partial charge on any atom is 0.140 e. The molecule has 0 saturated heterocycles. The summed E-state index contributed by atoms with van der Waals surface area (Å²) in [6.07, 6.45) is 6.92. The topological polar surface area (TPSA) is 34.2 Å². The van der Waals surface area contributed by atoms with Gasteiger partial charge in [-0.05, 0) is 32.0 Å². The first-order valence-corrected chi connectivity index (χ1v) is 6.03. The number of rotatable bonds is 3. The van der Waals surface area contributed by atoms with Gasteiger partial charge in [-0.15, -0.1) is 0 Å². The molecule has 0 spiro atoms. The first-order valence-electron chi connectivity index (χ1n) is 6.03. The molecule has 0 aromatic carbocycles. The third-order valence-corrected chi connectivity index (χ3v) is 3.51. The van der Waals surface area contributed by atoms with Crippen LogP contribution < -0.4 is 10.1 Å². The Morgan fingerprint density at radius 2 is 2.19 bits per heavy atom. The Balaban J connectivity index is 2.26. The largest absolute Gasteiger partial charge is 0.495 e. The van der Waals surface area contributed by atoms with Gasteiger partial charge < -0.3 is 10.1 Å². The second kappa shape index (κ2) is 5.30. The summed E-state index contributed by atoms with van der Waals surface area (Å²) in [5.41, 5.74) is 1.11. The van der Waals surface area contributed by atoms with Crippen molar-refractivity contribution in [1.82, 2.24) is 10.3 Å². The zero-order chi connectivity index (χ0) is 11.4. The fourth-order valence-corrected chi connectivity index (χ4v) is 2.66. The number of nitrogens with one attached hydrogen (secondary N) is 1. The summed E-state index contributed by atoms with van der Waals surface area (Å²) in [7, 11) is 3.76. The van der Waals surface area contributed by atoms with E-state index in [2.05, 4.69) is 10.3 Å². The average molecular weight is 220 g/mol. The molecule has 2 rings (SSSR count). The van der Waals surface area contributed by atoms with Crippen LogP contribution in [-0.4, -0.2) is 25.2 Å². The molecule has 2 unspecified atom stereocenters. The number of aromatic nitrogens is 1. The minimum absolute atomic E-state index is 0.495. The molecule has 1 saturated carbocycles. The molecule has 1 heterocycles. The minimum Gasteiger partial charge on any atom is -0.495 e. The van der Waals surface area contributed by atoms with Crippen molar-refractivity contribution < 1.29 is 4.74 Å². The number of likely N-dealkylation sites (N-methyl/N-ethyl adjacent to an activating group) is 1. The zero-order valence-electron chi connectivity index (χ0n) is 10.1. The van der Waals surface area contributed by atoms with Crippen LogP contribution in [-0.2, 0) is 0 Å². The highest BCUT2D eigenvalue weighted by molar-refractivity contribution is 5.31. The smallest absolute Gasteiger partial charge is 0.140 e. The lowest BCUT2D eigenvalue weighted by Gasteiger charge is -2.31. The lowest BCUT2D eigenvalue weighted by molar-refractivity contribution is 0.324. The summed E-state index contributed by atoms with van der Waals surface area (Å²) in [5.74, 6) is 1.42. The van der Waals surface area contributed by atoms with E-state index in [0.717, 1.165) is 11.4 Å². The van der Waals surface area contributed by atoms with Gasteiger partial charge in [-0.1, -0.05) is 12.8 Å². The predicted octanol–water partition coefficient (Wildman–Crippen LogP) is 2.34. The Morgan fingerprint density at radius 3 is 2.94 bits per heavy atom. The first-order chi connectivity index (χ1) is 7.86. The molecule has 0 aliphatic heterocycles. The normalized spacial score (nSPS) is 25.4. The molecule has 2 atom stereocenters. The Bertz CT molecular complexity index is 340. The van der Waals surface area contributed by atoms with Crippen molar-refractivity contribution in [3.8, 4) is 5.75 Å². The Labute approximate surface area is 97.2 Å². The number of methoxy groups -OCH3 is 1. The maximum atomic E-state index is 5.40. The van der Waals surface area contributed by atoms with E-state index in [1.807, 2.05) is 25.4 Å². The summed E-state index contributed by atoms with van der Waals surface area (Å²) in [5, 5.41) is 3.41. The monoisotopic (exact) mass is 220 g/mol. The van der Waals surface area contributed by atoms with E-state index in [9.17, 15) is 0 Å². The van der Waals surface area contributed by atoms with E-state index in [1.54, 1.807) is 7.11 Å². The van der Waals surface area contributed by atoms with Crippen LogP contribution in [0.4, 0.5) is 0 Å². The molecule has 16 heavy (non-hydrogen) atoms. The maximum absolute atomic E-state index is 5.40. The first kappa shape index (κ1) is 11.4. The molecule has 1 aliphatic rings. The lowest BCUT2D eigenvalue weighted by Crippen LogP contribution is -2.35. The summed E-state index contributed by atoms with van der Waals surface area (Å²) in [6.45, 7) is 0. The third-order valence-electron chi connectivity index (χ3n) is 3.51. The van der Waals surface area contributed by atoms with Gasteiger partial charge in [0.05, 0.1) is 12.8 Å². The summed E-state index contributed by atoms with van der Waals surface area (Å²) < 4.78 is 5.40. The van der Waals surface area contributed by atoms with Gasteiger partial charge >= 0.3 is 0 Å². The highest BCUT2D eigenvalue weighted by Gasteiger charge is 2.28. The average Bonchev–Trinajstić information content (AvgIpc) is 2.38. The van der Waals surface area contributed by atoms with Crippen molar-refractivity contribution in [1.29, 1.82) is 0 Å². The molecule has 0 radical (unpaired) electrons. The van der Waals surface area contributed by atoms with Crippen molar-refractivity contribution in [2.45, 2.75) is 37.6 Å². The van der Waals surface area contributed by atoms with Crippen LogP contribution in [0.15, 0.2) is 18.3 Å². The van der Waals surface area contributed by atoms with Gasteiger partial charge in [-0.3, -0.25) is 4.98 Å².